The summed E-state index contributed by atoms with van der Waals surface area (Å²) in [5, 5.41) is 19.7. The third-order valence-electron chi connectivity index (χ3n) is 2.49. The van der Waals surface area contributed by atoms with E-state index in [0.717, 1.165) is 0 Å². The molecule has 0 saturated heterocycles. The predicted octanol–water partition coefficient (Wildman–Crippen LogP) is 4.61. The van der Waals surface area contributed by atoms with E-state index >= 15 is 0 Å². The molecule has 1 N–H and O–H groups in total. The minimum atomic E-state index is -1.07. The summed E-state index contributed by atoms with van der Waals surface area (Å²) < 4.78 is 6.34. The molecule has 108 valence electrons. The van der Waals surface area contributed by atoms with Crippen LogP contribution in [0.2, 0.25) is 0 Å². The average molecular weight is 417 g/mol. The van der Waals surface area contributed by atoms with E-state index in [2.05, 4.69) is 31.9 Å². The lowest BCUT2D eigenvalue weighted by atomic mass is 10.2. The Labute approximate surface area is 135 Å². The lowest BCUT2D eigenvalue weighted by Gasteiger charge is -2.10. The van der Waals surface area contributed by atoms with Gasteiger partial charge in [-0.05, 0) is 50.1 Å². The van der Waals surface area contributed by atoms with Gasteiger partial charge in [0.25, 0.3) is 5.69 Å². The quantitative estimate of drug-likeness (QED) is 0.580. The van der Waals surface area contributed by atoms with Gasteiger partial charge >= 0.3 is 5.97 Å². The molecule has 2 rings (SSSR count). The zero-order chi connectivity index (χ0) is 15.6. The Morgan fingerprint density at radius 1 is 1.19 bits per heavy atom. The Morgan fingerprint density at radius 2 is 1.81 bits per heavy atom. The van der Waals surface area contributed by atoms with Crippen LogP contribution in [0.1, 0.15) is 10.4 Å². The lowest BCUT2D eigenvalue weighted by Crippen LogP contribution is -1.97. The van der Waals surface area contributed by atoms with Crippen molar-refractivity contribution >= 4 is 43.5 Å². The molecule has 0 heterocycles. The molecule has 2 aromatic rings. The molecular weight excluding hydrogens is 410 g/mol. The monoisotopic (exact) mass is 415 g/mol. The molecule has 0 saturated carbocycles. The molecule has 0 atom stereocenters. The largest absolute Gasteiger partial charge is 0.478 e. The standard InChI is InChI=1S/C13H7Br2NO5/c14-10-5-8(16(19)20)6-11(15)12(10)21-9-3-1-2-7(4-9)13(17)18/h1-6H,(H,17,18). The predicted molar refractivity (Wildman–Crippen MR) is 82.0 cm³/mol. The molecule has 0 amide bonds. The third kappa shape index (κ3) is 3.59. The van der Waals surface area contributed by atoms with Crippen LogP contribution in [0.4, 0.5) is 5.69 Å². The van der Waals surface area contributed by atoms with Crippen molar-refractivity contribution < 1.29 is 19.6 Å². The third-order valence-corrected chi connectivity index (χ3v) is 3.67. The Balaban J connectivity index is 2.38. The van der Waals surface area contributed by atoms with Crippen LogP contribution in [0.25, 0.3) is 0 Å². The van der Waals surface area contributed by atoms with Crippen molar-refractivity contribution in [1.82, 2.24) is 0 Å². The summed E-state index contributed by atoms with van der Waals surface area (Å²) in [4.78, 5) is 21.1. The normalized spacial score (nSPS) is 10.2. The number of nitro groups is 1. The van der Waals surface area contributed by atoms with Crippen molar-refractivity contribution in [2.45, 2.75) is 0 Å². The van der Waals surface area contributed by atoms with Crippen molar-refractivity contribution in [3.8, 4) is 11.5 Å². The molecule has 0 bridgehead atoms. The van der Waals surface area contributed by atoms with Crippen LogP contribution < -0.4 is 4.74 Å². The van der Waals surface area contributed by atoms with Gasteiger partial charge in [-0.15, -0.1) is 0 Å². The second-order valence-electron chi connectivity index (χ2n) is 3.93. The number of non-ortho nitro benzene ring substituents is 1. The van der Waals surface area contributed by atoms with Crippen LogP contribution in [0, 0.1) is 10.1 Å². The summed E-state index contributed by atoms with van der Waals surface area (Å²) in [6.07, 6.45) is 0. The van der Waals surface area contributed by atoms with Crippen molar-refractivity contribution in [3.05, 3.63) is 61.0 Å². The van der Waals surface area contributed by atoms with E-state index in [-0.39, 0.29) is 11.3 Å². The van der Waals surface area contributed by atoms with Crippen molar-refractivity contribution in [1.29, 1.82) is 0 Å². The second kappa shape index (κ2) is 6.23. The van der Waals surface area contributed by atoms with Gasteiger partial charge < -0.3 is 9.84 Å². The molecule has 0 aromatic heterocycles. The number of hydrogen-bond donors (Lipinski definition) is 1. The number of carboxylic acid groups (broad SMARTS) is 1. The number of nitro benzene ring substituents is 1. The van der Waals surface area contributed by atoms with Crippen LogP contribution in [-0.4, -0.2) is 16.0 Å². The fourth-order valence-electron chi connectivity index (χ4n) is 1.56. The maximum Gasteiger partial charge on any atom is 0.335 e. The van der Waals surface area contributed by atoms with Crippen LogP contribution >= 0.6 is 31.9 Å². The second-order valence-corrected chi connectivity index (χ2v) is 5.64. The molecule has 0 radical (unpaired) electrons. The van der Waals surface area contributed by atoms with Gasteiger partial charge in [0, 0.05) is 12.1 Å². The Kier molecular flexibility index (Phi) is 4.59. The molecule has 21 heavy (non-hydrogen) atoms. The van der Waals surface area contributed by atoms with Gasteiger partial charge in [-0.3, -0.25) is 10.1 Å². The highest BCUT2D eigenvalue weighted by molar-refractivity contribution is 9.11. The van der Waals surface area contributed by atoms with Crippen molar-refractivity contribution in [2.75, 3.05) is 0 Å². The van der Waals surface area contributed by atoms with Gasteiger partial charge in [0.2, 0.25) is 0 Å². The zero-order valence-electron chi connectivity index (χ0n) is 10.2. The van der Waals surface area contributed by atoms with E-state index < -0.39 is 10.9 Å². The summed E-state index contributed by atoms with van der Waals surface area (Å²) in [5.41, 5.74) is -0.0120. The fraction of sp³-hybridized carbons (Fsp3) is 0. The molecule has 0 unspecified atom stereocenters. The minimum Gasteiger partial charge on any atom is -0.478 e. The SMILES string of the molecule is O=C(O)c1cccc(Oc2c(Br)cc([N+](=O)[O-])cc2Br)c1. The number of ether oxygens (including phenoxy) is 1. The minimum absolute atomic E-state index is 0.0849. The summed E-state index contributed by atoms with van der Waals surface area (Å²) in [5.74, 6) is -0.435. The smallest absolute Gasteiger partial charge is 0.335 e. The molecule has 0 spiro atoms. The molecule has 6 nitrogen and oxygen atoms in total. The fourth-order valence-corrected chi connectivity index (χ4v) is 2.88. The van der Waals surface area contributed by atoms with E-state index in [1.165, 1.54) is 24.3 Å². The van der Waals surface area contributed by atoms with Gasteiger partial charge in [-0.1, -0.05) is 6.07 Å². The number of rotatable bonds is 4. The van der Waals surface area contributed by atoms with Gasteiger partial charge in [-0.2, -0.15) is 0 Å². The number of benzene rings is 2. The maximum absolute atomic E-state index is 10.9. The highest BCUT2D eigenvalue weighted by Gasteiger charge is 2.16. The first-order valence-electron chi connectivity index (χ1n) is 5.53. The van der Waals surface area contributed by atoms with Crippen molar-refractivity contribution in [2.24, 2.45) is 0 Å². The Hall–Kier alpha value is -1.93. The Morgan fingerprint density at radius 3 is 2.33 bits per heavy atom. The first-order chi connectivity index (χ1) is 9.88. The molecular formula is C13H7Br2NO5. The van der Waals surface area contributed by atoms with E-state index in [1.54, 1.807) is 12.1 Å². The van der Waals surface area contributed by atoms with Gasteiger partial charge in [0.05, 0.1) is 19.4 Å². The number of carbonyl (C=O) groups is 1. The summed E-state index contributed by atoms with van der Waals surface area (Å²) >= 11 is 6.39. The number of aromatic carboxylic acids is 1. The van der Waals surface area contributed by atoms with Gasteiger partial charge in [0.1, 0.15) is 5.75 Å². The summed E-state index contributed by atoms with van der Waals surface area (Å²) in [7, 11) is 0. The molecule has 0 fully saturated rings. The van der Waals surface area contributed by atoms with E-state index in [4.69, 9.17) is 9.84 Å². The summed E-state index contributed by atoms with van der Waals surface area (Å²) in [6.45, 7) is 0. The molecule has 0 aliphatic heterocycles. The molecule has 8 heteroatoms. The van der Waals surface area contributed by atoms with E-state index in [0.29, 0.717) is 20.4 Å². The first kappa shape index (κ1) is 15.5. The highest BCUT2D eigenvalue weighted by Crippen LogP contribution is 2.39. The van der Waals surface area contributed by atoms with E-state index in [1.807, 2.05) is 0 Å². The van der Waals surface area contributed by atoms with Crippen LogP contribution in [-0.2, 0) is 0 Å². The molecule has 0 aliphatic carbocycles. The maximum atomic E-state index is 10.9. The van der Waals surface area contributed by atoms with Gasteiger partial charge in [-0.25, -0.2) is 4.79 Å². The van der Waals surface area contributed by atoms with Crippen LogP contribution in [0.5, 0.6) is 11.5 Å². The lowest BCUT2D eigenvalue weighted by molar-refractivity contribution is -0.385. The average Bonchev–Trinajstić information content (AvgIpc) is 2.42. The number of halogens is 2. The molecule has 0 aliphatic rings. The number of hydrogen-bond acceptors (Lipinski definition) is 4. The van der Waals surface area contributed by atoms with Crippen molar-refractivity contribution in [3.63, 3.8) is 0 Å². The summed E-state index contributed by atoms with van der Waals surface area (Å²) in [6, 6.07) is 8.55. The Bertz CT molecular complexity index is 709. The number of nitrogens with zero attached hydrogens (tertiary/aromatic N) is 1. The van der Waals surface area contributed by atoms with Gasteiger partial charge in [0.15, 0.2) is 5.75 Å². The van der Waals surface area contributed by atoms with Crippen LogP contribution in [0.3, 0.4) is 0 Å². The molecule has 2 aromatic carbocycles. The van der Waals surface area contributed by atoms with Crippen LogP contribution in [0.15, 0.2) is 45.3 Å². The van der Waals surface area contributed by atoms with E-state index in [9.17, 15) is 14.9 Å². The zero-order valence-corrected chi connectivity index (χ0v) is 13.4. The number of carboxylic acids is 1. The topological polar surface area (TPSA) is 89.7 Å². The highest BCUT2D eigenvalue weighted by atomic mass is 79.9. The first-order valence-corrected chi connectivity index (χ1v) is 7.11.